The number of nitrogens with zero attached hydrogens (tertiary/aromatic N) is 1. The number of likely N-dealkylation sites (N-methyl/N-ethyl adjacent to an activating group) is 1. The van der Waals surface area contributed by atoms with E-state index in [0.29, 0.717) is 17.4 Å². The standard InChI is InChI=1S/C31H36N3O2P/c1-21(32-28-29(31(36)30(28)35)33-25-18-10-11-19-26(25)34(2)3)24-17-12-20-27(24)37(22-13-6-4-7-14-22)23-15-8-5-9-16-23/h4-9,12-16,20-21,25-26,32-33H,10-11,17-19H2,1-3H3/t21-,25+,26+/m1/s1. The van der Waals surface area contributed by atoms with E-state index < -0.39 is 18.8 Å². The summed E-state index contributed by atoms with van der Waals surface area (Å²) in [6, 6.07) is 21.8. The summed E-state index contributed by atoms with van der Waals surface area (Å²) < 4.78 is 0. The Morgan fingerprint density at radius 2 is 1.46 bits per heavy atom. The molecule has 3 aromatic carbocycles. The molecule has 0 aromatic heterocycles. The lowest BCUT2D eigenvalue weighted by Gasteiger charge is -2.37. The lowest BCUT2D eigenvalue weighted by atomic mass is 9.89. The molecule has 5 rings (SSSR count). The minimum Gasteiger partial charge on any atom is -0.376 e. The Kier molecular flexibility index (Phi) is 7.73. The lowest BCUT2D eigenvalue weighted by molar-refractivity contribution is 0.211. The zero-order valence-corrected chi connectivity index (χ0v) is 22.8. The second kappa shape index (κ2) is 11.2. The van der Waals surface area contributed by atoms with Gasteiger partial charge >= 0.3 is 0 Å². The van der Waals surface area contributed by atoms with Gasteiger partial charge in [-0.25, -0.2) is 0 Å². The maximum atomic E-state index is 12.7. The summed E-state index contributed by atoms with van der Waals surface area (Å²) >= 11 is 0. The Hall–Kier alpha value is -3.01. The minimum absolute atomic E-state index is 0.0673. The molecule has 0 unspecified atom stereocenters. The number of hydrogen-bond acceptors (Lipinski definition) is 5. The molecule has 6 heteroatoms. The Labute approximate surface area is 220 Å². The smallest absolute Gasteiger partial charge is 0.253 e. The fourth-order valence-electron chi connectivity index (χ4n) is 5.76. The molecule has 2 aliphatic carbocycles. The fraction of sp³-hybridized carbons (Fsp3) is 0.355. The first-order valence-corrected chi connectivity index (χ1v) is 14.6. The molecule has 3 atom stereocenters. The third-order valence-electron chi connectivity index (χ3n) is 7.73. The van der Waals surface area contributed by atoms with Crippen molar-refractivity contribution in [2.24, 2.45) is 0 Å². The Morgan fingerprint density at radius 3 is 2.08 bits per heavy atom. The SMILES string of the molecule is C[C@@H](Nc1c(N[C@H]2CCCC[C@@H]2N(C)C)c(=O)c1=O)C1=C(P(c2ccccc2)c2ccccc2)C=CC1. The van der Waals surface area contributed by atoms with Gasteiger partial charge in [0.2, 0.25) is 0 Å². The van der Waals surface area contributed by atoms with Crippen LogP contribution in [0.2, 0.25) is 0 Å². The first kappa shape index (κ1) is 25.6. The van der Waals surface area contributed by atoms with Crippen molar-refractivity contribution in [1.82, 2.24) is 4.90 Å². The van der Waals surface area contributed by atoms with Gasteiger partial charge in [0.1, 0.15) is 11.4 Å². The van der Waals surface area contributed by atoms with Gasteiger partial charge in [0, 0.05) is 18.1 Å². The number of hydrogen-bond donors (Lipinski definition) is 2. The van der Waals surface area contributed by atoms with E-state index in [1.165, 1.54) is 27.9 Å². The summed E-state index contributed by atoms with van der Waals surface area (Å²) in [6.45, 7) is 2.11. The first-order chi connectivity index (χ1) is 18.0. The van der Waals surface area contributed by atoms with Crippen molar-refractivity contribution >= 4 is 29.9 Å². The van der Waals surface area contributed by atoms with Crippen LogP contribution in [-0.2, 0) is 0 Å². The predicted octanol–water partition coefficient (Wildman–Crippen LogP) is 4.71. The van der Waals surface area contributed by atoms with Gasteiger partial charge in [-0.2, -0.15) is 0 Å². The molecule has 0 spiro atoms. The van der Waals surface area contributed by atoms with E-state index in [1.807, 2.05) is 0 Å². The van der Waals surface area contributed by atoms with Crippen LogP contribution in [0.15, 0.2) is 93.3 Å². The molecule has 2 aliphatic rings. The molecule has 192 valence electrons. The van der Waals surface area contributed by atoms with Crippen molar-refractivity contribution in [2.45, 2.75) is 57.2 Å². The van der Waals surface area contributed by atoms with E-state index in [-0.39, 0.29) is 12.1 Å². The average Bonchev–Trinajstić information content (AvgIpc) is 3.41. The molecule has 1 saturated carbocycles. The van der Waals surface area contributed by atoms with Crippen LogP contribution in [-0.4, -0.2) is 37.1 Å². The third kappa shape index (κ3) is 5.21. The van der Waals surface area contributed by atoms with Crippen molar-refractivity contribution in [3.8, 4) is 0 Å². The highest BCUT2D eigenvalue weighted by molar-refractivity contribution is 7.77. The van der Waals surface area contributed by atoms with Gasteiger partial charge in [-0.1, -0.05) is 85.7 Å². The second-order valence-electron chi connectivity index (χ2n) is 10.4. The average molecular weight is 514 g/mol. The molecular weight excluding hydrogens is 477 g/mol. The van der Waals surface area contributed by atoms with Crippen molar-refractivity contribution in [1.29, 1.82) is 0 Å². The van der Waals surface area contributed by atoms with Gasteiger partial charge < -0.3 is 15.5 Å². The van der Waals surface area contributed by atoms with E-state index in [1.54, 1.807) is 0 Å². The fourth-order valence-corrected chi connectivity index (χ4v) is 8.38. The van der Waals surface area contributed by atoms with E-state index in [9.17, 15) is 9.59 Å². The minimum atomic E-state index is -0.729. The Balaban J connectivity index is 1.43. The van der Waals surface area contributed by atoms with Crippen LogP contribution in [0.1, 0.15) is 39.0 Å². The molecule has 0 bridgehead atoms. The second-order valence-corrected chi connectivity index (χ2v) is 12.5. The number of benzene rings is 2. The molecular formula is C31H36N3O2P. The van der Waals surface area contributed by atoms with Crippen LogP contribution < -0.4 is 32.1 Å². The first-order valence-electron chi connectivity index (χ1n) is 13.3. The van der Waals surface area contributed by atoms with Crippen molar-refractivity contribution < 1.29 is 0 Å². The number of anilines is 2. The summed E-state index contributed by atoms with van der Waals surface area (Å²) in [4.78, 5) is 27.5. The molecule has 0 aliphatic heterocycles. The van der Waals surface area contributed by atoms with E-state index in [4.69, 9.17) is 0 Å². The molecule has 2 N–H and O–H groups in total. The normalized spacial score (nSPS) is 20.7. The maximum absolute atomic E-state index is 12.7. The number of allylic oxidation sites excluding steroid dienone is 3. The van der Waals surface area contributed by atoms with Crippen molar-refractivity contribution in [3.05, 3.63) is 104 Å². The molecule has 0 amide bonds. The lowest BCUT2D eigenvalue weighted by Crippen LogP contribution is -2.49. The molecule has 5 nitrogen and oxygen atoms in total. The number of nitrogens with one attached hydrogen (secondary N) is 2. The van der Waals surface area contributed by atoms with Gasteiger partial charge in [0.05, 0.1) is 0 Å². The third-order valence-corrected chi connectivity index (χ3v) is 10.3. The molecule has 0 saturated heterocycles. The molecule has 3 aromatic rings. The highest BCUT2D eigenvalue weighted by Gasteiger charge is 2.32. The van der Waals surface area contributed by atoms with E-state index in [0.717, 1.165) is 25.7 Å². The summed E-state index contributed by atoms with van der Waals surface area (Å²) in [6.07, 6.45) is 9.76. The van der Waals surface area contributed by atoms with Crippen LogP contribution >= 0.6 is 7.92 Å². The topological polar surface area (TPSA) is 61.4 Å². The molecule has 0 heterocycles. The highest BCUT2D eigenvalue weighted by Crippen LogP contribution is 2.49. The zero-order chi connectivity index (χ0) is 25.9. The van der Waals surface area contributed by atoms with Crippen molar-refractivity contribution in [2.75, 3.05) is 24.7 Å². The molecule has 1 fully saturated rings. The summed E-state index contributed by atoms with van der Waals surface area (Å²) in [5, 5.41) is 10.9. The highest BCUT2D eigenvalue weighted by atomic mass is 31.1. The van der Waals surface area contributed by atoms with Gasteiger partial charge in [0.25, 0.3) is 10.9 Å². The molecule has 0 radical (unpaired) electrons. The Morgan fingerprint density at radius 1 is 0.865 bits per heavy atom. The van der Waals surface area contributed by atoms with E-state index in [2.05, 4.69) is 109 Å². The van der Waals surface area contributed by atoms with Gasteiger partial charge in [-0.3, -0.25) is 9.59 Å². The zero-order valence-electron chi connectivity index (χ0n) is 21.9. The predicted molar refractivity (Wildman–Crippen MR) is 158 cm³/mol. The summed E-state index contributed by atoms with van der Waals surface area (Å²) in [5.41, 5.74) is 1.39. The van der Waals surface area contributed by atoms with Gasteiger partial charge in [-0.05, 0) is 69.7 Å². The van der Waals surface area contributed by atoms with Gasteiger partial charge in [0.15, 0.2) is 0 Å². The summed E-state index contributed by atoms with van der Waals surface area (Å²) in [7, 11) is 3.45. The summed E-state index contributed by atoms with van der Waals surface area (Å²) in [5.74, 6) is 0. The van der Waals surface area contributed by atoms with Crippen LogP contribution in [0.5, 0.6) is 0 Å². The Bertz CT molecular complexity index is 1320. The number of rotatable bonds is 9. The van der Waals surface area contributed by atoms with Crippen molar-refractivity contribution in [3.63, 3.8) is 0 Å². The largest absolute Gasteiger partial charge is 0.376 e. The monoisotopic (exact) mass is 513 g/mol. The van der Waals surface area contributed by atoms with Gasteiger partial charge in [-0.15, -0.1) is 0 Å². The van der Waals surface area contributed by atoms with E-state index >= 15 is 0 Å². The maximum Gasteiger partial charge on any atom is 0.253 e. The van der Waals surface area contributed by atoms with Crippen LogP contribution in [0.3, 0.4) is 0 Å². The van der Waals surface area contributed by atoms with Crippen LogP contribution in [0, 0.1) is 0 Å². The van der Waals surface area contributed by atoms with Crippen LogP contribution in [0.4, 0.5) is 11.4 Å². The van der Waals surface area contributed by atoms with Crippen LogP contribution in [0.25, 0.3) is 0 Å². The quantitative estimate of drug-likeness (QED) is 0.321. The molecule has 37 heavy (non-hydrogen) atoms.